The summed E-state index contributed by atoms with van der Waals surface area (Å²) in [5, 5.41) is 3.64. The molecule has 1 aromatic rings. The SMILES string of the molecule is CCNC(Cc1cccc(Br)c1)C1CCC1. The Bertz CT molecular complexity index is 333. The van der Waals surface area contributed by atoms with Crippen LogP contribution in [-0.4, -0.2) is 12.6 Å². The van der Waals surface area contributed by atoms with Crippen molar-refractivity contribution < 1.29 is 0 Å². The molecule has 1 nitrogen and oxygen atoms in total. The summed E-state index contributed by atoms with van der Waals surface area (Å²) in [6.45, 7) is 3.28. The number of hydrogen-bond acceptors (Lipinski definition) is 1. The molecule has 1 aliphatic carbocycles. The van der Waals surface area contributed by atoms with Crippen molar-refractivity contribution in [2.45, 2.75) is 38.6 Å². The second-order valence-corrected chi connectivity index (χ2v) is 5.60. The van der Waals surface area contributed by atoms with Crippen LogP contribution >= 0.6 is 15.9 Å². The summed E-state index contributed by atoms with van der Waals surface area (Å²) in [6, 6.07) is 9.36. The highest BCUT2D eigenvalue weighted by Gasteiger charge is 2.26. The molecule has 0 heterocycles. The van der Waals surface area contributed by atoms with E-state index in [9.17, 15) is 0 Å². The van der Waals surface area contributed by atoms with E-state index in [0.717, 1.165) is 18.9 Å². The van der Waals surface area contributed by atoms with Crippen molar-refractivity contribution in [3.63, 3.8) is 0 Å². The van der Waals surface area contributed by atoms with Gasteiger partial charge in [0.25, 0.3) is 0 Å². The van der Waals surface area contributed by atoms with Gasteiger partial charge in [-0.1, -0.05) is 41.4 Å². The first-order valence-corrected chi connectivity index (χ1v) is 7.06. The maximum Gasteiger partial charge on any atom is 0.0178 e. The normalized spacial score (nSPS) is 18.1. The zero-order valence-electron chi connectivity index (χ0n) is 9.88. The van der Waals surface area contributed by atoms with Crippen molar-refractivity contribution in [1.29, 1.82) is 0 Å². The lowest BCUT2D eigenvalue weighted by Gasteiger charge is -2.34. The van der Waals surface area contributed by atoms with E-state index in [0.29, 0.717) is 6.04 Å². The minimum absolute atomic E-state index is 0.674. The van der Waals surface area contributed by atoms with Crippen molar-refractivity contribution in [1.82, 2.24) is 5.32 Å². The molecule has 1 N–H and O–H groups in total. The lowest BCUT2D eigenvalue weighted by molar-refractivity contribution is 0.229. The zero-order valence-corrected chi connectivity index (χ0v) is 11.5. The first kappa shape index (κ1) is 12.1. The summed E-state index contributed by atoms with van der Waals surface area (Å²) in [5.74, 6) is 0.902. The molecule has 0 saturated heterocycles. The fourth-order valence-electron chi connectivity index (χ4n) is 2.43. The van der Waals surface area contributed by atoms with Crippen LogP contribution in [0.25, 0.3) is 0 Å². The fraction of sp³-hybridized carbons (Fsp3) is 0.571. The number of likely N-dealkylation sites (N-methyl/N-ethyl adjacent to an activating group) is 1. The Morgan fingerprint density at radius 3 is 2.81 bits per heavy atom. The Balaban J connectivity index is 1.98. The summed E-state index contributed by atoms with van der Waals surface area (Å²) < 4.78 is 1.19. The summed E-state index contributed by atoms with van der Waals surface area (Å²) in [6.07, 6.45) is 5.40. The van der Waals surface area contributed by atoms with Crippen molar-refractivity contribution in [3.05, 3.63) is 34.3 Å². The first-order chi connectivity index (χ1) is 7.79. The standard InChI is InChI=1S/C14H20BrN/c1-2-16-14(12-6-4-7-12)10-11-5-3-8-13(15)9-11/h3,5,8-9,12,14,16H,2,4,6-7,10H2,1H3. The number of hydrogen-bond donors (Lipinski definition) is 1. The quantitative estimate of drug-likeness (QED) is 0.867. The molecule has 0 spiro atoms. The molecule has 1 fully saturated rings. The monoisotopic (exact) mass is 281 g/mol. The molecule has 0 aliphatic heterocycles. The maximum atomic E-state index is 3.64. The van der Waals surface area contributed by atoms with E-state index in [1.54, 1.807) is 0 Å². The van der Waals surface area contributed by atoms with E-state index in [1.165, 1.54) is 29.3 Å². The summed E-state index contributed by atoms with van der Waals surface area (Å²) in [4.78, 5) is 0. The Labute approximate surface area is 107 Å². The molecule has 1 saturated carbocycles. The van der Waals surface area contributed by atoms with Crippen LogP contribution in [0.15, 0.2) is 28.7 Å². The Morgan fingerprint density at radius 2 is 2.25 bits per heavy atom. The smallest absolute Gasteiger partial charge is 0.0178 e. The minimum atomic E-state index is 0.674. The van der Waals surface area contributed by atoms with E-state index in [-0.39, 0.29) is 0 Å². The molecule has 0 aromatic heterocycles. The minimum Gasteiger partial charge on any atom is -0.314 e. The highest BCUT2D eigenvalue weighted by atomic mass is 79.9. The Hall–Kier alpha value is -0.340. The zero-order chi connectivity index (χ0) is 11.4. The molecule has 0 bridgehead atoms. The molecule has 0 amide bonds. The van der Waals surface area contributed by atoms with E-state index < -0.39 is 0 Å². The van der Waals surface area contributed by atoms with E-state index >= 15 is 0 Å². The Kier molecular flexibility index (Phi) is 4.42. The predicted molar refractivity (Wildman–Crippen MR) is 72.7 cm³/mol. The third-order valence-electron chi connectivity index (χ3n) is 3.53. The van der Waals surface area contributed by atoms with E-state index in [2.05, 4.69) is 52.4 Å². The number of nitrogens with one attached hydrogen (secondary N) is 1. The van der Waals surface area contributed by atoms with E-state index in [1.807, 2.05) is 0 Å². The van der Waals surface area contributed by atoms with Crippen LogP contribution in [-0.2, 0) is 6.42 Å². The van der Waals surface area contributed by atoms with Crippen LogP contribution in [0.1, 0.15) is 31.7 Å². The second kappa shape index (κ2) is 5.83. The van der Waals surface area contributed by atoms with Crippen molar-refractivity contribution >= 4 is 15.9 Å². The van der Waals surface area contributed by atoms with Gasteiger partial charge in [-0.25, -0.2) is 0 Å². The van der Waals surface area contributed by atoms with Crippen LogP contribution in [0.5, 0.6) is 0 Å². The molecule has 1 atom stereocenters. The van der Waals surface area contributed by atoms with Gasteiger partial charge in [0.1, 0.15) is 0 Å². The van der Waals surface area contributed by atoms with Gasteiger partial charge in [-0.05, 0) is 49.4 Å². The largest absolute Gasteiger partial charge is 0.314 e. The van der Waals surface area contributed by atoms with Gasteiger partial charge in [0.15, 0.2) is 0 Å². The number of benzene rings is 1. The molecular weight excluding hydrogens is 262 g/mol. The third kappa shape index (κ3) is 3.08. The highest BCUT2D eigenvalue weighted by molar-refractivity contribution is 9.10. The van der Waals surface area contributed by atoms with E-state index in [4.69, 9.17) is 0 Å². The van der Waals surface area contributed by atoms with Crippen LogP contribution < -0.4 is 5.32 Å². The lowest BCUT2D eigenvalue weighted by atomic mass is 9.77. The van der Waals surface area contributed by atoms with Crippen LogP contribution in [0.3, 0.4) is 0 Å². The van der Waals surface area contributed by atoms with Crippen molar-refractivity contribution in [3.8, 4) is 0 Å². The topological polar surface area (TPSA) is 12.0 Å². The molecule has 1 aliphatic rings. The molecule has 1 unspecified atom stereocenters. The van der Waals surface area contributed by atoms with Crippen molar-refractivity contribution in [2.75, 3.05) is 6.54 Å². The molecule has 2 heteroatoms. The average Bonchev–Trinajstić information content (AvgIpc) is 2.15. The van der Waals surface area contributed by atoms with Gasteiger partial charge >= 0.3 is 0 Å². The molecular formula is C14H20BrN. The van der Waals surface area contributed by atoms with Gasteiger partial charge in [0.2, 0.25) is 0 Å². The molecule has 0 radical (unpaired) electrons. The predicted octanol–water partition coefficient (Wildman–Crippen LogP) is 3.77. The second-order valence-electron chi connectivity index (χ2n) is 4.69. The lowest BCUT2D eigenvalue weighted by Crippen LogP contribution is -2.41. The van der Waals surface area contributed by atoms with Gasteiger partial charge in [0.05, 0.1) is 0 Å². The molecule has 16 heavy (non-hydrogen) atoms. The maximum absolute atomic E-state index is 3.64. The van der Waals surface area contributed by atoms with Crippen molar-refractivity contribution in [2.24, 2.45) is 5.92 Å². The van der Waals surface area contributed by atoms with Crippen LogP contribution in [0.2, 0.25) is 0 Å². The molecule has 2 rings (SSSR count). The van der Waals surface area contributed by atoms with Gasteiger partial charge in [-0.3, -0.25) is 0 Å². The first-order valence-electron chi connectivity index (χ1n) is 6.27. The molecule has 88 valence electrons. The molecule has 1 aromatic carbocycles. The summed E-state index contributed by atoms with van der Waals surface area (Å²) in [5.41, 5.74) is 1.44. The fourth-order valence-corrected chi connectivity index (χ4v) is 2.87. The third-order valence-corrected chi connectivity index (χ3v) is 4.02. The summed E-state index contributed by atoms with van der Waals surface area (Å²) in [7, 11) is 0. The summed E-state index contributed by atoms with van der Waals surface area (Å²) >= 11 is 3.54. The average molecular weight is 282 g/mol. The Morgan fingerprint density at radius 1 is 1.44 bits per heavy atom. The number of rotatable bonds is 5. The van der Waals surface area contributed by atoms with Crippen LogP contribution in [0, 0.1) is 5.92 Å². The van der Waals surface area contributed by atoms with Gasteiger partial charge in [-0.2, -0.15) is 0 Å². The highest BCUT2D eigenvalue weighted by Crippen LogP contribution is 2.31. The number of halogens is 1. The van der Waals surface area contributed by atoms with Gasteiger partial charge < -0.3 is 5.32 Å². The van der Waals surface area contributed by atoms with Crippen LogP contribution in [0.4, 0.5) is 0 Å². The van der Waals surface area contributed by atoms with Gasteiger partial charge in [-0.15, -0.1) is 0 Å². The van der Waals surface area contributed by atoms with Gasteiger partial charge in [0, 0.05) is 10.5 Å².